The van der Waals surface area contributed by atoms with Crippen LogP contribution in [0.2, 0.25) is 5.02 Å². The Hall–Kier alpha value is -3.00. The zero-order valence-electron chi connectivity index (χ0n) is 14.5. The number of carbonyl (C=O) groups is 1. The molecular formula is C18H18ClN7O. The lowest BCUT2D eigenvalue weighted by Gasteiger charge is -2.31. The first kappa shape index (κ1) is 17.4. The maximum Gasteiger partial charge on any atom is 0.227 e. The number of nitrogens with zero attached hydrogens (tertiary/aromatic N) is 6. The van der Waals surface area contributed by atoms with Gasteiger partial charge < -0.3 is 10.2 Å². The fourth-order valence-electron chi connectivity index (χ4n) is 3.10. The third-order valence-corrected chi connectivity index (χ3v) is 4.94. The fourth-order valence-corrected chi connectivity index (χ4v) is 3.29. The van der Waals surface area contributed by atoms with Gasteiger partial charge in [-0.3, -0.25) is 4.79 Å². The van der Waals surface area contributed by atoms with Crippen molar-refractivity contribution in [1.29, 1.82) is 0 Å². The summed E-state index contributed by atoms with van der Waals surface area (Å²) >= 11 is 6.11. The zero-order valence-corrected chi connectivity index (χ0v) is 15.3. The van der Waals surface area contributed by atoms with E-state index in [-0.39, 0.29) is 11.8 Å². The number of halogens is 1. The number of anilines is 2. The van der Waals surface area contributed by atoms with Crippen LogP contribution in [0.5, 0.6) is 0 Å². The Bertz CT molecular complexity index is 906. The predicted octanol–water partition coefficient (Wildman–Crippen LogP) is 2.57. The van der Waals surface area contributed by atoms with Crippen molar-refractivity contribution in [2.45, 2.75) is 12.8 Å². The van der Waals surface area contributed by atoms with Gasteiger partial charge in [-0.15, -0.1) is 10.2 Å². The van der Waals surface area contributed by atoms with Gasteiger partial charge >= 0.3 is 0 Å². The van der Waals surface area contributed by atoms with Crippen LogP contribution in [0.25, 0.3) is 5.82 Å². The third-order valence-electron chi connectivity index (χ3n) is 4.61. The minimum absolute atomic E-state index is 0.00960. The molecule has 2 aromatic heterocycles. The van der Waals surface area contributed by atoms with Crippen LogP contribution in [0.15, 0.2) is 49.1 Å². The van der Waals surface area contributed by atoms with Crippen LogP contribution < -0.4 is 10.2 Å². The molecule has 1 aliphatic rings. The Morgan fingerprint density at radius 3 is 2.48 bits per heavy atom. The SMILES string of the molecule is O=C(Nc1ccccc1Cl)C1CCN(c2ccc(-n3cncn3)nn2)CC1. The van der Waals surface area contributed by atoms with E-state index < -0.39 is 0 Å². The van der Waals surface area contributed by atoms with E-state index in [4.69, 9.17) is 11.6 Å². The first-order chi connectivity index (χ1) is 13.2. The molecule has 0 spiro atoms. The molecule has 1 N–H and O–H groups in total. The molecule has 0 saturated carbocycles. The van der Waals surface area contributed by atoms with Crippen molar-refractivity contribution in [3.8, 4) is 5.82 Å². The highest BCUT2D eigenvalue weighted by atomic mass is 35.5. The summed E-state index contributed by atoms with van der Waals surface area (Å²) in [4.78, 5) is 18.5. The first-order valence-corrected chi connectivity index (χ1v) is 9.07. The highest BCUT2D eigenvalue weighted by Gasteiger charge is 2.26. The number of carbonyl (C=O) groups excluding carboxylic acids is 1. The van der Waals surface area contributed by atoms with E-state index in [1.54, 1.807) is 17.1 Å². The van der Waals surface area contributed by atoms with E-state index in [1.807, 2.05) is 30.3 Å². The normalized spacial score (nSPS) is 14.9. The van der Waals surface area contributed by atoms with Gasteiger partial charge in [-0.2, -0.15) is 5.10 Å². The van der Waals surface area contributed by atoms with Crippen molar-refractivity contribution in [1.82, 2.24) is 25.0 Å². The number of hydrogen-bond acceptors (Lipinski definition) is 6. The molecule has 1 saturated heterocycles. The Balaban J connectivity index is 1.34. The van der Waals surface area contributed by atoms with E-state index in [2.05, 4.69) is 30.5 Å². The lowest BCUT2D eigenvalue weighted by atomic mass is 9.96. The zero-order chi connectivity index (χ0) is 18.6. The van der Waals surface area contributed by atoms with Gasteiger partial charge in [0.15, 0.2) is 11.6 Å². The first-order valence-electron chi connectivity index (χ1n) is 8.70. The van der Waals surface area contributed by atoms with Crippen LogP contribution in [-0.2, 0) is 4.79 Å². The molecule has 0 radical (unpaired) electrons. The van der Waals surface area contributed by atoms with Crippen LogP contribution in [0.4, 0.5) is 11.5 Å². The van der Waals surface area contributed by atoms with Gasteiger partial charge in [-0.05, 0) is 37.1 Å². The van der Waals surface area contributed by atoms with Gasteiger partial charge in [0, 0.05) is 19.0 Å². The van der Waals surface area contributed by atoms with Gasteiger partial charge in [0.25, 0.3) is 0 Å². The van der Waals surface area contributed by atoms with Crippen LogP contribution >= 0.6 is 11.6 Å². The predicted molar refractivity (Wildman–Crippen MR) is 102 cm³/mol. The number of hydrogen-bond donors (Lipinski definition) is 1. The molecule has 0 bridgehead atoms. The van der Waals surface area contributed by atoms with E-state index in [9.17, 15) is 4.79 Å². The van der Waals surface area contributed by atoms with E-state index in [0.29, 0.717) is 16.5 Å². The van der Waals surface area contributed by atoms with Crippen LogP contribution in [-0.4, -0.2) is 44.0 Å². The topological polar surface area (TPSA) is 88.8 Å². The van der Waals surface area contributed by atoms with Crippen molar-refractivity contribution in [3.63, 3.8) is 0 Å². The molecule has 27 heavy (non-hydrogen) atoms. The average molecular weight is 384 g/mol. The second-order valence-corrected chi connectivity index (χ2v) is 6.73. The molecule has 0 atom stereocenters. The van der Waals surface area contributed by atoms with E-state index in [1.165, 1.54) is 6.33 Å². The fraction of sp³-hybridized carbons (Fsp3) is 0.278. The summed E-state index contributed by atoms with van der Waals surface area (Å²) in [6.45, 7) is 1.50. The van der Waals surface area contributed by atoms with Crippen LogP contribution in [0.1, 0.15) is 12.8 Å². The smallest absolute Gasteiger partial charge is 0.227 e. The van der Waals surface area contributed by atoms with Crippen LogP contribution in [0.3, 0.4) is 0 Å². The average Bonchev–Trinajstić information content (AvgIpc) is 3.25. The maximum absolute atomic E-state index is 12.5. The second-order valence-electron chi connectivity index (χ2n) is 6.32. The molecule has 0 unspecified atom stereocenters. The Labute approximate surface area is 161 Å². The molecule has 1 fully saturated rings. The molecular weight excluding hydrogens is 366 g/mol. The molecule has 3 heterocycles. The Morgan fingerprint density at radius 2 is 1.81 bits per heavy atom. The molecule has 1 aromatic carbocycles. The van der Waals surface area contributed by atoms with Crippen molar-refractivity contribution in [2.24, 2.45) is 5.92 Å². The number of para-hydroxylation sites is 1. The minimum Gasteiger partial charge on any atom is -0.355 e. The lowest BCUT2D eigenvalue weighted by molar-refractivity contribution is -0.120. The molecule has 0 aliphatic carbocycles. The largest absolute Gasteiger partial charge is 0.355 e. The molecule has 9 heteroatoms. The summed E-state index contributed by atoms with van der Waals surface area (Å²) in [7, 11) is 0. The summed E-state index contributed by atoms with van der Waals surface area (Å²) in [5.41, 5.74) is 0.654. The van der Waals surface area contributed by atoms with Gasteiger partial charge in [0.2, 0.25) is 5.91 Å². The lowest BCUT2D eigenvalue weighted by Crippen LogP contribution is -2.38. The van der Waals surface area contributed by atoms with Crippen molar-refractivity contribution >= 4 is 29.0 Å². The number of piperidine rings is 1. The van der Waals surface area contributed by atoms with Crippen molar-refractivity contribution in [3.05, 3.63) is 54.1 Å². The summed E-state index contributed by atoms with van der Waals surface area (Å²) in [5, 5.41) is 16.0. The summed E-state index contributed by atoms with van der Waals surface area (Å²) in [6.07, 6.45) is 4.53. The number of benzene rings is 1. The number of aromatic nitrogens is 5. The summed E-state index contributed by atoms with van der Waals surface area (Å²) < 4.78 is 1.56. The number of amides is 1. The Morgan fingerprint density at radius 1 is 1.07 bits per heavy atom. The molecule has 8 nitrogen and oxygen atoms in total. The van der Waals surface area contributed by atoms with Gasteiger partial charge in [0.05, 0.1) is 10.7 Å². The molecule has 1 aliphatic heterocycles. The highest BCUT2D eigenvalue weighted by Crippen LogP contribution is 2.25. The molecule has 1 amide bonds. The molecule has 138 valence electrons. The third kappa shape index (κ3) is 3.90. The van der Waals surface area contributed by atoms with Gasteiger partial charge in [0.1, 0.15) is 12.7 Å². The standard InChI is InChI=1S/C18H18ClN7O/c19-14-3-1-2-4-15(14)22-18(27)13-7-9-25(10-8-13)16-5-6-17(24-23-16)26-12-20-11-21-26/h1-6,11-13H,7-10H2,(H,22,27). The van der Waals surface area contributed by atoms with Crippen LogP contribution in [0, 0.1) is 5.92 Å². The number of nitrogens with one attached hydrogen (secondary N) is 1. The maximum atomic E-state index is 12.5. The minimum atomic E-state index is -0.0418. The highest BCUT2D eigenvalue weighted by molar-refractivity contribution is 6.33. The van der Waals surface area contributed by atoms with Gasteiger partial charge in [-0.1, -0.05) is 23.7 Å². The Kier molecular flexibility index (Phi) is 4.97. The quantitative estimate of drug-likeness (QED) is 0.744. The van der Waals surface area contributed by atoms with E-state index in [0.717, 1.165) is 31.7 Å². The second kappa shape index (κ2) is 7.71. The van der Waals surface area contributed by atoms with Gasteiger partial charge in [-0.25, -0.2) is 9.67 Å². The molecule has 3 aromatic rings. The van der Waals surface area contributed by atoms with Crippen molar-refractivity contribution in [2.75, 3.05) is 23.3 Å². The summed E-state index contributed by atoms with van der Waals surface area (Å²) in [5.74, 6) is 1.38. The monoisotopic (exact) mass is 383 g/mol. The van der Waals surface area contributed by atoms with Crippen molar-refractivity contribution < 1.29 is 4.79 Å². The molecule has 4 rings (SSSR count). The number of rotatable bonds is 4. The summed E-state index contributed by atoms with van der Waals surface area (Å²) in [6, 6.07) is 11.0. The van der Waals surface area contributed by atoms with E-state index >= 15 is 0 Å².